The second kappa shape index (κ2) is 45.4. The molecule has 20 nitrogen and oxygen atoms in total. The molecule has 0 amide bonds. The van der Waals surface area contributed by atoms with Gasteiger partial charge < -0.3 is 33.2 Å². The Morgan fingerprint density at radius 1 is 0.460 bits per heavy atom. The fourth-order valence-corrected chi connectivity index (χ4v) is 18.0. The van der Waals surface area contributed by atoms with E-state index in [0.29, 0.717) is 114 Å². The molecular weight excluding hydrogens is 1710 g/mol. The highest BCUT2D eigenvalue weighted by molar-refractivity contribution is 7.60. The van der Waals surface area contributed by atoms with Gasteiger partial charge in [-0.05, 0) is 258 Å². The lowest BCUT2D eigenvalue weighted by molar-refractivity contribution is -0.148. The summed E-state index contributed by atoms with van der Waals surface area (Å²) in [5.41, 5.74) is 8.83. The van der Waals surface area contributed by atoms with Crippen molar-refractivity contribution in [3.8, 4) is 0 Å². The molecule has 1 saturated carbocycles. The largest absolute Gasteiger partial charge is 0.468 e. The Bertz CT molecular complexity index is 5240. The summed E-state index contributed by atoms with van der Waals surface area (Å²) in [7, 11) is 6.86. The van der Waals surface area contributed by atoms with Crippen molar-refractivity contribution in [2.45, 2.75) is 178 Å². The number of rotatable bonds is 17. The second-order valence-electron chi connectivity index (χ2n) is 32.9. The zero-order chi connectivity index (χ0) is 87.4. The molecule has 0 spiro atoms. The summed E-state index contributed by atoms with van der Waals surface area (Å²) in [5.74, 6) is -3.06. The average molecular weight is 1830 g/mol. The zero-order valence-electron chi connectivity index (χ0n) is 73.9. The third kappa shape index (κ3) is 22.6. The predicted octanol–water partition coefficient (Wildman–Crippen LogP) is 17.8. The van der Waals surface area contributed by atoms with Crippen LogP contribution in [0, 0.1) is 63.7 Å². The summed E-state index contributed by atoms with van der Waals surface area (Å²) in [4.78, 5) is 85.8. The molecule has 6 atom stereocenters. The molecular formula is C96H118F5N7O13S5. The maximum Gasteiger partial charge on any atom is 0.435 e. The van der Waals surface area contributed by atoms with Crippen molar-refractivity contribution in [1.82, 2.24) is 24.5 Å². The molecule has 3 aliphatic heterocycles. The first kappa shape index (κ1) is 105. The van der Waals surface area contributed by atoms with E-state index in [4.69, 9.17) is 33.2 Å². The Labute approximate surface area is 770 Å². The van der Waals surface area contributed by atoms with Crippen molar-refractivity contribution < 1.29 is 83.9 Å². The van der Waals surface area contributed by atoms with E-state index in [1.807, 2.05) is 84.9 Å². The van der Waals surface area contributed by atoms with Gasteiger partial charge in [-0.3, -0.25) is 43.5 Å². The number of ether oxygens (including phenoxy) is 7. The van der Waals surface area contributed by atoms with E-state index in [0.717, 1.165) is 114 Å². The van der Waals surface area contributed by atoms with E-state index in [1.54, 1.807) is 110 Å². The van der Waals surface area contributed by atoms with E-state index in [9.17, 15) is 50.7 Å². The normalized spacial score (nSPS) is 21.7. The highest BCUT2D eigenvalue weighted by Crippen LogP contribution is 2.52. The highest BCUT2D eigenvalue weighted by Gasteiger charge is 2.51. The number of carbonyl (C=O) groups is 6. The lowest BCUT2D eigenvalue weighted by atomic mass is 9.75. The van der Waals surface area contributed by atoms with Crippen LogP contribution >= 0.6 is 67.5 Å². The van der Waals surface area contributed by atoms with Crippen LogP contribution in [-0.4, -0.2) is 160 Å². The van der Waals surface area contributed by atoms with Crippen molar-refractivity contribution in [2.75, 3.05) is 81.5 Å². The minimum absolute atomic E-state index is 0. The van der Waals surface area contributed by atoms with Crippen LogP contribution in [0.15, 0.2) is 190 Å². The molecule has 30 heteroatoms. The molecule has 1 saturated heterocycles. The fourth-order valence-electron chi connectivity index (χ4n) is 18.0. The monoisotopic (exact) mass is 1830 g/mol. The summed E-state index contributed by atoms with van der Waals surface area (Å²) in [6.07, 6.45) is 29.2. The zero-order valence-corrected chi connectivity index (χ0v) is 78.9. The van der Waals surface area contributed by atoms with Crippen LogP contribution in [0.4, 0.5) is 26.7 Å². The van der Waals surface area contributed by atoms with E-state index >= 15 is 0 Å². The first-order chi connectivity index (χ1) is 57.8. The number of benzene rings is 5. The number of halogens is 5. The van der Waals surface area contributed by atoms with E-state index in [-0.39, 0.29) is 126 Å². The molecule has 0 radical (unpaired) electrons. The van der Waals surface area contributed by atoms with Gasteiger partial charge in [0.2, 0.25) is 0 Å². The van der Waals surface area contributed by atoms with Gasteiger partial charge in [0.1, 0.15) is 56.3 Å². The van der Waals surface area contributed by atoms with Crippen LogP contribution in [0.25, 0.3) is 5.57 Å². The van der Waals surface area contributed by atoms with Crippen molar-refractivity contribution in [1.29, 1.82) is 0 Å². The maximum absolute atomic E-state index is 14.3. The number of aromatic nitrogens is 4. The Kier molecular flexibility index (Phi) is 37.9. The van der Waals surface area contributed by atoms with Gasteiger partial charge in [0, 0.05) is 50.0 Å². The quantitative estimate of drug-likeness (QED) is 0.0357. The van der Waals surface area contributed by atoms with E-state index in [1.165, 1.54) is 65.9 Å². The molecule has 2 fully saturated rings. The number of esters is 5. The molecule has 5 heterocycles. The van der Waals surface area contributed by atoms with Crippen LogP contribution in [0.2, 0.25) is 0 Å². The van der Waals surface area contributed by atoms with Gasteiger partial charge in [0.25, 0.3) is 0 Å². The lowest BCUT2D eigenvalue weighted by Crippen LogP contribution is -2.38. The number of allylic oxidation sites excluding steroid dienone is 6. The van der Waals surface area contributed by atoms with Crippen LogP contribution in [-0.2, 0) is 90.8 Å². The number of methoxy groups -OCH3 is 5. The third-order valence-corrected chi connectivity index (χ3v) is 24.5. The molecule has 2 aromatic heterocycles. The summed E-state index contributed by atoms with van der Waals surface area (Å²) in [6, 6.07) is 24.3. The van der Waals surface area contributed by atoms with Crippen LogP contribution in [0.3, 0.4) is 0 Å². The number of hydrogen-bond donors (Lipinski definition) is 0. The molecule has 0 N–H and O–H groups in total. The SMILES string of the molecule is COC(=O)[C@@]1(c2cccc(F)c2C)CCC(c2cnn(CCN3CCOCC3)c2)C1.COC(=O)[C@]1(c2cccc(F)c2C)C=C(C)CC1.COC(=O)[C@]1(c2cccc(F)c2C)C=C(C2=CCN=C2)CC1.COC(=O)[C@]1(c2cccc(F)c2C)C=C(C2=CCN=C2)CC1.COC(=O)[C@]1(c2cccc(F)c2C)C=C(c2cnn(C(=O)OC(C)(C)C)c2)CC1.S.S.S.S.S. The van der Waals surface area contributed by atoms with Gasteiger partial charge in [-0.1, -0.05) is 103 Å². The van der Waals surface area contributed by atoms with Gasteiger partial charge in [0.05, 0.1) is 86.2 Å². The minimum Gasteiger partial charge on any atom is -0.468 e. The molecule has 5 aromatic carbocycles. The van der Waals surface area contributed by atoms with Gasteiger partial charge >= 0.3 is 35.9 Å². The number of carbonyl (C=O) groups excluding carboxylic acids is 6. The first-order valence-corrected chi connectivity index (χ1v) is 40.8. The Hall–Kier alpha value is -9.56. The molecule has 15 rings (SSSR count). The smallest absolute Gasteiger partial charge is 0.435 e. The third-order valence-electron chi connectivity index (χ3n) is 24.5. The topological polar surface area (TPSA) is 231 Å². The van der Waals surface area contributed by atoms with E-state index in [2.05, 4.69) is 31.3 Å². The van der Waals surface area contributed by atoms with Crippen molar-refractivity contribution in [3.63, 3.8) is 0 Å². The van der Waals surface area contributed by atoms with Crippen molar-refractivity contribution in [2.24, 2.45) is 9.98 Å². The number of morpholine rings is 1. The Morgan fingerprint density at radius 2 is 0.841 bits per heavy atom. The Morgan fingerprint density at radius 3 is 1.22 bits per heavy atom. The molecule has 1 unspecified atom stereocenters. The lowest BCUT2D eigenvalue weighted by Gasteiger charge is -2.28. The standard InChI is InChI=1S/C23H30FN3O3.C22H25FN2O4.2C18H18FNO2.C15H17FO2.5H2S/c1-17-20(4-3-5-21(17)24)23(22(28)29-2)7-6-18(14-23)19-15-25-27(16-19)9-8-26-10-12-30-13-11-26;1-14-17(7-6-8-18(14)23)22(19(26)28-5)10-9-15(11-22)16-12-24-25(13-16)20(27)29-21(2,3)4;2*1-12-15(4-3-5-16(12)19)18(17(21)22-2)8-6-13(10-18)14-7-9-20-11-14;1-10-7-8-15(9-10,14(17)18-3)12-5-4-6-13(16)11(12)2;;;;;/h3-5,15-16,18H,6-14H2,1-2H3;6-8,11-13H,9-10H2,1-5H3;2*3-5,7,10-11H,6,8-9H2,1-2H3;4-6,9H,7-8H2,1-3H3;5*1H2/t18?,23-;22-;2*18-;15-;;;;;/m00000...../s1. The molecule has 126 heavy (non-hydrogen) atoms. The summed E-state index contributed by atoms with van der Waals surface area (Å²) in [6.45, 7) is 22.5. The average Bonchev–Trinajstić information content (AvgIpc) is 1.60. The molecule has 8 aliphatic rings. The number of aliphatic imine (C=N–C) groups is 2. The Balaban J connectivity index is 0.000000243. The minimum atomic E-state index is -1.08. The van der Waals surface area contributed by atoms with Crippen LogP contribution in [0.1, 0.15) is 171 Å². The van der Waals surface area contributed by atoms with Gasteiger partial charge in [-0.15, -0.1) is 0 Å². The summed E-state index contributed by atoms with van der Waals surface area (Å²) in [5, 5.41) is 8.63. The number of hydrogen-bond acceptors (Lipinski definition) is 18. The number of nitrogens with zero attached hydrogens (tertiary/aromatic N) is 7. The van der Waals surface area contributed by atoms with Crippen molar-refractivity contribution >= 4 is 121 Å². The van der Waals surface area contributed by atoms with Crippen molar-refractivity contribution in [3.05, 3.63) is 276 Å². The summed E-state index contributed by atoms with van der Waals surface area (Å²) >= 11 is 0. The van der Waals surface area contributed by atoms with Gasteiger partial charge in [-0.2, -0.15) is 82.4 Å². The van der Waals surface area contributed by atoms with E-state index < -0.39 is 44.7 Å². The van der Waals surface area contributed by atoms with Crippen LogP contribution in [0.5, 0.6) is 0 Å². The maximum atomic E-state index is 14.3. The fraction of sp³-hybridized carbons (Fsp3) is 0.417. The van der Waals surface area contributed by atoms with Crippen LogP contribution < -0.4 is 0 Å². The summed E-state index contributed by atoms with van der Waals surface area (Å²) < 4.78 is 109. The highest BCUT2D eigenvalue weighted by atomic mass is 32.1. The molecule has 0 bridgehead atoms. The molecule has 680 valence electrons. The van der Waals surface area contributed by atoms with Gasteiger partial charge in [0.15, 0.2) is 0 Å². The molecule has 5 aliphatic carbocycles. The molecule has 7 aromatic rings. The predicted molar refractivity (Wildman–Crippen MR) is 504 cm³/mol. The first-order valence-electron chi connectivity index (χ1n) is 40.8. The van der Waals surface area contributed by atoms with Gasteiger partial charge in [-0.25, -0.2) is 26.7 Å². The second-order valence-corrected chi connectivity index (χ2v) is 32.9.